The smallest absolute Gasteiger partial charge is 0.323 e. The van der Waals surface area contributed by atoms with E-state index in [1.165, 1.54) is 18.9 Å². The number of rotatable bonds is 4. The van der Waals surface area contributed by atoms with Crippen LogP contribution in [0.2, 0.25) is 0 Å². The first-order valence-corrected chi connectivity index (χ1v) is 8.12. The lowest BCUT2D eigenvalue weighted by molar-refractivity contribution is -0.140. The second-order valence-corrected chi connectivity index (χ2v) is 6.76. The van der Waals surface area contributed by atoms with Gasteiger partial charge in [-0.1, -0.05) is 54.2 Å². The fourth-order valence-electron chi connectivity index (χ4n) is 1.99. The highest BCUT2D eigenvalue weighted by Gasteiger charge is 2.24. The molecular formula is C16H13NO2S2. The summed E-state index contributed by atoms with van der Waals surface area (Å²) in [6, 6.07) is 17.6. The molecule has 0 bridgehead atoms. The predicted octanol–water partition coefficient (Wildman–Crippen LogP) is 4.30. The Labute approximate surface area is 131 Å². The van der Waals surface area contributed by atoms with Crippen LogP contribution in [0.25, 0.3) is 10.2 Å². The molecule has 0 aliphatic heterocycles. The quantitative estimate of drug-likeness (QED) is 0.531. The Morgan fingerprint density at radius 1 is 1.14 bits per heavy atom. The van der Waals surface area contributed by atoms with Crippen LogP contribution in [-0.2, 0) is 9.53 Å². The molecule has 1 aromatic heterocycles. The molecule has 2 aromatic carbocycles. The van der Waals surface area contributed by atoms with Crippen molar-refractivity contribution in [3.63, 3.8) is 0 Å². The molecule has 0 fully saturated rings. The number of hydrogen-bond acceptors (Lipinski definition) is 5. The van der Waals surface area contributed by atoms with Crippen LogP contribution in [0, 0.1) is 0 Å². The Bertz CT molecular complexity index is 722. The molecule has 5 heteroatoms. The molecule has 0 aliphatic carbocycles. The van der Waals surface area contributed by atoms with Gasteiger partial charge in [-0.25, -0.2) is 4.98 Å². The maximum atomic E-state index is 12.1. The number of aromatic nitrogens is 1. The van der Waals surface area contributed by atoms with Gasteiger partial charge in [0.25, 0.3) is 0 Å². The van der Waals surface area contributed by atoms with Gasteiger partial charge in [0.05, 0.1) is 17.3 Å². The fourth-order valence-corrected chi connectivity index (χ4v) is 4.28. The van der Waals surface area contributed by atoms with Crippen molar-refractivity contribution in [2.45, 2.75) is 9.59 Å². The average molecular weight is 315 g/mol. The molecule has 0 aliphatic rings. The Morgan fingerprint density at radius 3 is 2.57 bits per heavy atom. The maximum Gasteiger partial charge on any atom is 0.323 e. The van der Waals surface area contributed by atoms with Gasteiger partial charge in [0.15, 0.2) is 4.34 Å². The zero-order valence-corrected chi connectivity index (χ0v) is 13.0. The summed E-state index contributed by atoms with van der Waals surface area (Å²) in [5.74, 6) is -0.259. The monoisotopic (exact) mass is 315 g/mol. The first kappa shape index (κ1) is 14.1. The third-order valence-electron chi connectivity index (χ3n) is 3.01. The van der Waals surface area contributed by atoms with Crippen LogP contribution in [0.5, 0.6) is 0 Å². The highest BCUT2D eigenvalue weighted by Crippen LogP contribution is 2.39. The summed E-state index contributed by atoms with van der Waals surface area (Å²) < 4.78 is 6.92. The van der Waals surface area contributed by atoms with Crippen molar-refractivity contribution in [3.05, 3.63) is 60.2 Å². The predicted molar refractivity (Wildman–Crippen MR) is 86.7 cm³/mol. The Morgan fingerprint density at radius 2 is 1.86 bits per heavy atom. The third kappa shape index (κ3) is 3.09. The van der Waals surface area contributed by atoms with E-state index < -0.39 is 5.25 Å². The van der Waals surface area contributed by atoms with Gasteiger partial charge in [-0.3, -0.25) is 4.79 Å². The number of carbonyl (C=O) groups is 1. The van der Waals surface area contributed by atoms with Gasteiger partial charge in [0.1, 0.15) is 5.25 Å². The summed E-state index contributed by atoms with van der Waals surface area (Å²) in [4.78, 5) is 16.6. The van der Waals surface area contributed by atoms with Crippen LogP contribution in [0.4, 0.5) is 0 Å². The van der Waals surface area contributed by atoms with Crippen molar-refractivity contribution in [3.8, 4) is 0 Å². The normalized spacial score (nSPS) is 12.2. The van der Waals surface area contributed by atoms with E-state index in [1.54, 1.807) is 11.3 Å². The number of thioether (sulfide) groups is 1. The highest BCUT2D eigenvalue weighted by atomic mass is 32.2. The average Bonchev–Trinajstić information content (AvgIpc) is 2.95. The summed E-state index contributed by atoms with van der Waals surface area (Å²) in [5.41, 5.74) is 1.88. The van der Waals surface area contributed by atoms with E-state index in [-0.39, 0.29) is 5.97 Å². The zero-order valence-electron chi connectivity index (χ0n) is 11.4. The first-order valence-electron chi connectivity index (χ1n) is 6.43. The lowest BCUT2D eigenvalue weighted by atomic mass is 10.1. The number of thiazole rings is 1. The molecule has 0 radical (unpaired) electrons. The van der Waals surface area contributed by atoms with Crippen molar-refractivity contribution in [2.75, 3.05) is 7.11 Å². The molecule has 0 saturated carbocycles. The van der Waals surface area contributed by atoms with Gasteiger partial charge in [-0.2, -0.15) is 0 Å². The summed E-state index contributed by atoms with van der Waals surface area (Å²) in [5, 5.41) is -0.392. The molecule has 21 heavy (non-hydrogen) atoms. The van der Waals surface area contributed by atoms with Crippen LogP contribution in [0.15, 0.2) is 58.9 Å². The molecule has 3 rings (SSSR count). The Kier molecular flexibility index (Phi) is 4.22. The highest BCUT2D eigenvalue weighted by molar-refractivity contribution is 8.02. The van der Waals surface area contributed by atoms with E-state index in [2.05, 4.69) is 4.98 Å². The van der Waals surface area contributed by atoms with E-state index in [0.717, 1.165) is 20.1 Å². The van der Waals surface area contributed by atoms with Gasteiger partial charge in [0, 0.05) is 0 Å². The maximum absolute atomic E-state index is 12.1. The largest absolute Gasteiger partial charge is 0.468 e. The molecule has 106 valence electrons. The van der Waals surface area contributed by atoms with Gasteiger partial charge in [0.2, 0.25) is 0 Å². The van der Waals surface area contributed by atoms with Crippen molar-refractivity contribution in [2.24, 2.45) is 0 Å². The minimum atomic E-state index is -0.392. The topological polar surface area (TPSA) is 39.2 Å². The lowest BCUT2D eigenvalue weighted by Gasteiger charge is -2.12. The fraction of sp³-hybridized carbons (Fsp3) is 0.125. The van der Waals surface area contributed by atoms with Crippen molar-refractivity contribution in [1.29, 1.82) is 0 Å². The SMILES string of the molecule is COC(=O)C(Sc1nc2ccccc2s1)c1ccccc1. The molecule has 0 amide bonds. The van der Waals surface area contributed by atoms with Gasteiger partial charge in [-0.15, -0.1) is 11.3 Å². The minimum Gasteiger partial charge on any atom is -0.468 e. The van der Waals surface area contributed by atoms with Gasteiger partial charge >= 0.3 is 5.97 Å². The minimum absolute atomic E-state index is 0.259. The zero-order chi connectivity index (χ0) is 14.7. The van der Waals surface area contributed by atoms with Gasteiger partial charge in [-0.05, 0) is 17.7 Å². The molecule has 3 nitrogen and oxygen atoms in total. The Hall–Kier alpha value is -1.85. The number of hydrogen-bond donors (Lipinski definition) is 0. The van der Waals surface area contributed by atoms with Crippen LogP contribution < -0.4 is 0 Å². The molecule has 3 aromatic rings. The molecule has 0 spiro atoms. The van der Waals surface area contributed by atoms with Crippen LogP contribution in [0.3, 0.4) is 0 Å². The first-order chi connectivity index (χ1) is 10.3. The van der Waals surface area contributed by atoms with E-state index in [1.807, 2.05) is 54.6 Å². The van der Waals surface area contributed by atoms with E-state index >= 15 is 0 Å². The molecule has 0 saturated heterocycles. The van der Waals surface area contributed by atoms with E-state index in [9.17, 15) is 4.79 Å². The number of ether oxygens (including phenoxy) is 1. The van der Waals surface area contributed by atoms with Crippen LogP contribution >= 0.6 is 23.1 Å². The molecule has 1 atom stereocenters. The van der Waals surface area contributed by atoms with Crippen molar-refractivity contribution >= 4 is 39.3 Å². The molecular weight excluding hydrogens is 302 g/mol. The van der Waals surface area contributed by atoms with E-state index in [4.69, 9.17) is 4.74 Å². The van der Waals surface area contributed by atoms with Crippen molar-refractivity contribution in [1.82, 2.24) is 4.98 Å². The second kappa shape index (κ2) is 6.28. The number of nitrogens with zero attached hydrogens (tertiary/aromatic N) is 1. The van der Waals surface area contributed by atoms with Gasteiger partial charge < -0.3 is 4.74 Å². The number of fused-ring (bicyclic) bond motifs is 1. The number of methoxy groups -OCH3 is 1. The molecule has 0 N–H and O–H groups in total. The van der Waals surface area contributed by atoms with Crippen LogP contribution in [0.1, 0.15) is 10.8 Å². The summed E-state index contributed by atoms with van der Waals surface area (Å²) >= 11 is 3.03. The Balaban J connectivity index is 1.92. The summed E-state index contributed by atoms with van der Waals surface area (Å²) in [7, 11) is 1.41. The van der Waals surface area contributed by atoms with Crippen LogP contribution in [-0.4, -0.2) is 18.1 Å². The summed E-state index contributed by atoms with van der Waals surface area (Å²) in [6.07, 6.45) is 0. The molecule has 1 unspecified atom stereocenters. The second-order valence-electron chi connectivity index (χ2n) is 4.38. The standard InChI is InChI=1S/C16H13NO2S2/c1-19-15(18)14(11-7-3-2-4-8-11)21-16-17-12-9-5-6-10-13(12)20-16/h2-10,14H,1H3. The third-order valence-corrected chi connectivity index (χ3v) is 5.37. The number of carbonyl (C=O) groups excluding carboxylic acids is 1. The van der Waals surface area contributed by atoms with Crippen molar-refractivity contribution < 1.29 is 9.53 Å². The van der Waals surface area contributed by atoms with E-state index in [0.29, 0.717) is 0 Å². The number of esters is 1. The lowest BCUT2D eigenvalue weighted by Crippen LogP contribution is -2.10. The summed E-state index contributed by atoms with van der Waals surface area (Å²) in [6.45, 7) is 0. The molecule has 1 heterocycles. The number of benzene rings is 2. The number of para-hydroxylation sites is 1.